The summed E-state index contributed by atoms with van der Waals surface area (Å²) in [5.74, 6) is -24.5. The molecule has 0 radical (unpaired) electrons. The molecular formula is C11H8F14O3. The second-order valence-corrected chi connectivity index (χ2v) is 5.00. The molecule has 0 bridgehead atoms. The first-order chi connectivity index (χ1) is 12.1. The lowest BCUT2D eigenvalue weighted by Crippen LogP contribution is -2.52. The molecule has 28 heavy (non-hydrogen) atoms. The Morgan fingerprint density at radius 1 is 0.536 bits per heavy atom. The number of hydrogen-bond acceptors (Lipinski definition) is 3. The molecule has 0 aliphatic heterocycles. The van der Waals surface area contributed by atoms with Crippen molar-refractivity contribution in [2.24, 2.45) is 0 Å². The van der Waals surface area contributed by atoms with Crippen LogP contribution in [0.1, 0.15) is 12.8 Å². The van der Waals surface area contributed by atoms with E-state index in [4.69, 9.17) is 0 Å². The van der Waals surface area contributed by atoms with Gasteiger partial charge in [0.05, 0.1) is 12.8 Å². The van der Waals surface area contributed by atoms with E-state index in [0.717, 1.165) is 0 Å². The number of carbonyl (C=O) groups excluding carboxylic acids is 1. The number of hydrogen-bond donors (Lipinski definition) is 0. The quantitative estimate of drug-likeness (QED) is 0.355. The summed E-state index contributed by atoms with van der Waals surface area (Å²) in [6.45, 7) is -3.71. The van der Waals surface area contributed by atoms with Crippen LogP contribution in [0.2, 0.25) is 0 Å². The average Bonchev–Trinajstić information content (AvgIpc) is 2.43. The molecule has 0 N–H and O–H groups in total. The lowest BCUT2D eigenvalue weighted by Gasteiger charge is -2.28. The van der Waals surface area contributed by atoms with Crippen LogP contribution in [0.5, 0.6) is 0 Å². The third-order valence-electron chi connectivity index (χ3n) is 2.90. The van der Waals surface area contributed by atoms with Gasteiger partial charge in [-0.15, -0.1) is 0 Å². The highest BCUT2D eigenvalue weighted by molar-refractivity contribution is 5.59. The van der Waals surface area contributed by atoms with Crippen LogP contribution in [0.4, 0.5) is 66.3 Å². The van der Waals surface area contributed by atoms with Crippen LogP contribution in [0.25, 0.3) is 0 Å². The number of ether oxygens (including phenoxy) is 2. The van der Waals surface area contributed by atoms with Crippen LogP contribution in [-0.2, 0) is 9.47 Å². The van der Waals surface area contributed by atoms with Gasteiger partial charge in [-0.25, -0.2) is 4.79 Å². The molecular weight excluding hydrogens is 446 g/mol. The van der Waals surface area contributed by atoms with Crippen molar-refractivity contribution in [3.63, 3.8) is 0 Å². The Bertz CT molecular complexity index is 490. The molecule has 0 aliphatic carbocycles. The summed E-state index contributed by atoms with van der Waals surface area (Å²) in [5, 5.41) is 0. The van der Waals surface area contributed by atoms with E-state index >= 15 is 0 Å². The van der Waals surface area contributed by atoms with Crippen molar-refractivity contribution in [1.29, 1.82) is 0 Å². The number of carbonyl (C=O) groups is 1. The van der Waals surface area contributed by atoms with Gasteiger partial charge in [0, 0.05) is 0 Å². The fourth-order valence-corrected chi connectivity index (χ4v) is 1.30. The molecule has 0 fully saturated rings. The highest BCUT2D eigenvalue weighted by Crippen LogP contribution is 2.49. The fraction of sp³-hybridized carbons (Fsp3) is 0.909. The maximum absolute atomic E-state index is 12.8. The second-order valence-electron chi connectivity index (χ2n) is 5.00. The zero-order valence-corrected chi connectivity index (χ0v) is 12.8. The molecule has 0 heterocycles. The Hall–Kier alpha value is -1.71. The van der Waals surface area contributed by atoms with Gasteiger partial charge in [0.15, 0.2) is 0 Å². The van der Waals surface area contributed by atoms with Crippen molar-refractivity contribution in [1.82, 2.24) is 0 Å². The molecule has 0 unspecified atom stereocenters. The van der Waals surface area contributed by atoms with E-state index in [-0.39, 0.29) is 0 Å². The fourth-order valence-electron chi connectivity index (χ4n) is 1.30. The highest BCUT2D eigenvalue weighted by atomic mass is 19.4. The first-order valence-corrected chi connectivity index (χ1v) is 6.54. The van der Waals surface area contributed by atoms with Gasteiger partial charge >= 0.3 is 42.2 Å². The molecule has 0 rings (SSSR count). The molecule has 0 amide bonds. The molecule has 0 saturated heterocycles. The summed E-state index contributed by atoms with van der Waals surface area (Å²) in [5.41, 5.74) is 0. The Kier molecular flexibility index (Phi) is 7.48. The molecule has 0 aromatic rings. The summed E-state index contributed by atoms with van der Waals surface area (Å²) in [7, 11) is 0. The number of alkyl halides is 14. The summed E-state index contributed by atoms with van der Waals surface area (Å²) in [6, 6.07) is 0. The zero-order chi connectivity index (χ0) is 22.8. The SMILES string of the molecule is O=C(OCCC(F)(F)C(F)(F)C(F)(F)F)OCCC(F)(F)C(F)(F)C(F)(F)F. The van der Waals surface area contributed by atoms with Crippen molar-refractivity contribution in [2.45, 2.75) is 48.9 Å². The molecule has 17 heteroatoms. The summed E-state index contributed by atoms with van der Waals surface area (Å²) >= 11 is 0. The van der Waals surface area contributed by atoms with Gasteiger partial charge in [-0.1, -0.05) is 0 Å². The largest absolute Gasteiger partial charge is 0.508 e. The Labute approximate surface area is 145 Å². The van der Waals surface area contributed by atoms with Gasteiger partial charge in [0.2, 0.25) is 0 Å². The topological polar surface area (TPSA) is 35.5 Å². The van der Waals surface area contributed by atoms with E-state index in [2.05, 4.69) is 9.47 Å². The third-order valence-corrected chi connectivity index (χ3v) is 2.90. The van der Waals surface area contributed by atoms with Crippen LogP contribution in [0, 0.1) is 0 Å². The van der Waals surface area contributed by atoms with E-state index in [0.29, 0.717) is 0 Å². The summed E-state index contributed by atoms with van der Waals surface area (Å²) < 4.78 is 179. The smallest absolute Gasteiger partial charge is 0.434 e. The molecule has 0 aliphatic rings. The third kappa shape index (κ3) is 5.65. The second kappa shape index (κ2) is 7.96. The summed E-state index contributed by atoms with van der Waals surface area (Å²) in [4.78, 5) is 10.8. The van der Waals surface area contributed by atoms with E-state index in [1.807, 2.05) is 0 Å². The van der Waals surface area contributed by atoms with Gasteiger partial charge in [-0.2, -0.15) is 61.5 Å². The van der Waals surface area contributed by atoms with Crippen LogP contribution < -0.4 is 0 Å². The minimum Gasteiger partial charge on any atom is -0.434 e. The minimum atomic E-state index is -6.66. The van der Waals surface area contributed by atoms with Crippen molar-refractivity contribution in [3.05, 3.63) is 0 Å². The van der Waals surface area contributed by atoms with Crippen LogP contribution >= 0.6 is 0 Å². The molecule has 3 nitrogen and oxygen atoms in total. The van der Waals surface area contributed by atoms with Gasteiger partial charge < -0.3 is 9.47 Å². The Balaban J connectivity index is 4.57. The van der Waals surface area contributed by atoms with Gasteiger partial charge in [0.25, 0.3) is 0 Å². The van der Waals surface area contributed by atoms with Gasteiger partial charge in [-0.3, -0.25) is 0 Å². The molecule has 0 saturated carbocycles. The van der Waals surface area contributed by atoms with Crippen molar-refractivity contribution in [2.75, 3.05) is 13.2 Å². The van der Waals surface area contributed by atoms with Crippen LogP contribution in [-0.4, -0.2) is 55.4 Å². The predicted molar refractivity (Wildman–Crippen MR) is 58.4 cm³/mol. The normalized spacial score (nSPS) is 14.8. The van der Waals surface area contributed by atoms with Crippen LogP contribution in [0.3, 0.4) is 0 Å². The summed E-state index contributed by atoms with van der Waals surface area (Å²) in [6.07, 6.45) is -20.4. The Morgan fingerprint density at radius 2 is 0.786 bits per heavy atom. The van der Waals surface area contributed by atoms with E-state index in [1.54, 1.807) is 0 Å². The maximum atomic E-state index is 12.8. The standard InChI is InChI=1S/C11H8F14O3/c12-6(13,8(16,17)10(20,21)22)1-3-27-5(26)28-4-2-7(14,15)9(18,19)11(23,24)25/h1-4H2. The maximum Gasteiger partial charge on any atom is 0.508 e. The molecule has 168 valence electrons. The predicted octanol–water partition coefficient (Wildman–Crippen LogP) is 5.59. The van der Waals surface area contributed by atoms with E-state index in [1.165, 1.54) is 0 Å². The molecule has 0 aromatic carbocycles. The van der Waals surface area contributed by atoms with Crippen molar-refractivity contribution < 1.29 is 75.7 Å². The monoisotopic (exact) mass is 454 g/mol. The Morgan fingerprint density at radius 3 is 1.00 bits per heavy atom. The van der Waals surface area contributed by atoms with Crippen molar-refractivity contribution >= 4 is 6.16 Å². The van der Waals surface area contributed by atoms with E-state index in [9.17, 15) is 66.3 Å². The first kappa shape index (κ1) is 26.3. The van der Waals surface area contributed by atoms with Gasteiger partial charge in [0.1, 0.15) is 13.2 Å². The average molecular weight is 454 g/mol. The van der Waals surface area contributed by atoms with Crippen LogP contribution in [0.15, 0.2) is 0 Å². The first-order valence-electron chi connectivity index (χ1n) is 6.54. The lowest BCUT2D eigenvalue weighted by atomic mass is 10.1. The van der Waals surface area contributed by atoms with E-state index < -0.39 is 68.3 Å². The highest BCUT2D eigenvalue weighted by Gasteiger charge is 2.73. The lowest BCUT2D eigenvalue weighted by molar-refractivity contribution is -0.356. The minimum absolute atomic E-state index is 1.85. The van der Waals surface area contributed by atoms with Gasteiger partial charge in [-0.05, 0) is 0 Å². The van der Waals surface area contributed by atoms with Crippen molar-refractivity contribution in [3.8, 4) is 0 Å². The zero-order valence-electron chi connectivity index (χ0n) is 12.8. The molecule has 0 aromatic heterocycles. The molecule has 0 atom stereocenters. The number of rotatable bonds is 8. The number of halogens is 14. The molecule has 0 spiro atoms.